The number of amides is 2. The van der Waals surface area contributed by atoms with Crippen LogP contribution in [0.4, 0.5) is 19.3 Å². The molecule has 108 valence electrons. The number of hydrogen-bond donors (Lipinski definition) is 3. The molecule has 2 rings (SSSR count). The minimum atomic E-state index is -0.947. The summed E-state index contributed by atoms with van der Waals surface area (Å²) in [6.45, 7) is -0.0169. The van der Waals surface area contributed by atoms with Crippen LogP contribution in [0.15, 0.2) is 18.2 Å². The Morgan fingerprint density at radius 2 is 2.00 bits per heavy atom. The minimum Gasteiger partial charge on any atom is -0.481 e. The van der Waals surface area contributed by atoms with Gasteiger partial charge in [0.05, 0.1) is 11.1 Å². The molecule has 0 atom stereocenters. The van der Waals surface area contributed by atoms with Crippen LogP contribution < -0.4 is 10.6 Å². The first-order valence-corrected chi connectivity index (χ1v) is 6.16. The van der Waals surface area contributed by atoms with Crippen LogP contribution in [0.5, 0.6) is 0 Å². The monoisotopic (exact) mass is 284 g/mol. The van der Waals surface area contributed by atoms with Gasteiger partial charge in [0.15, 0.2) is 0 Å². The van der Waals surface area contributed by atoms with Crippen molar-refractivity contribution < 1.29 is 23.5 Å². The topological polar surface area (TPSA) is 78.4 Å². The Bertz CT molecular complexity index is 544. The number of anilines is 1. The number of carboxylic acids is 1. The molecule has 2 amide bonds. The maximum Gasteiger partial charge on any atom is 0.319 e. The first kappa shape index (κ1) is 14.2. The molecular formula is C13H14F2N2O3. The van der Waals surface area contributed by atoms with Gasteiger partial charge >= 0.3 is 12.0 Å². The molecule has 3 N–H and O–H groups in total. The van der Waals surface area contributed by atoms with E-state index in [2.05, 4.69) is 10.6 Å². The molecule has 1 aromatic carbocycles. The van der Waals surface area contributed by atoms with Crippen LogP contribution in [0.1, 0.15) is 19.3 Å². The number of carbonyl (C=O) groups is 2. The normalized spacial score (nSPS) is 16.1. The zero-order valence-corrected chi connectivity index (χ0v) is 10.6. The number of nitrogens with one attached hydrogen (secondary N) is 2. The van der Waals surface area contributed by atoms with Crippen molar-refractivity contribution >= 4 is 17.7 Å². The van der Waals surface area contributed by atoms with Crippen molar-refractivity contribution in [2.45, 2.75) is 19.3 Å². The lowest BCUT2D eigenvalue weighted by Gasteiger charge is -2.37. The standard InChI is InChI=1S/C13H14F2N2O3/c14-8-2-3-10(9(15)6-8)17-12(20)16-7-13(11(18)19)4-1-5-13/h2-3,6H,1,4-5,7H2,(H,18,19)(H2,16,17,20). The van der Waals surface area contributed by atoms with Crippen LogP contribution in [0.2, 0.25) is 0 Å². The van der Waals surface area contributed by atoms with Crippen molar-refractivity contribution in [3.05, 3.63) is 29.8 Å². The summed E-state index contributed by atoms with van der Waals surface area (Å²) < 4.78 is 26.0. The maximum atomic E-state index is 13.3. The molecule has 20 heavy (non-hydrogen) atoms. The molecule has 0 aromatic heterocycles. The zero-order valence-electron chi connectivity index (χ0n) is 10.6. The Kier molecular flexibility index (Phi) is 3.87. The number of carboxylic acid groups (broad SMARTS) is 1. The second-order valence-electron chi connectivity index (χ2n) is 4.87. The molecule has 1 aromatic rings. The van der Waals surface area contributed by atoms with Gasteiger partial charge in [-0.1, -0.05) is 6.42 Å². The number of halogens is 2. The second-order valence-corrected chi connectivity index (χ2v) is 4.87. The predicted octanol–water partition coefficient (Wildman–Crippen LogP) is 2.34. The summed E-state index contributed by atoms with van der Waals surface area (Å²) >= 11 is 0. The third-order valence-corrected chi connectivity index (χ3v) is 3.53. The smallest absolute Gasteiger partial charge is 0.319 e. The third-order valence-electron chi connectivity index (χ3n) is 3.53. The van der Waals surface area contributed by atoms with E-state index < -0.39 is 29.0 Å². The second kappa shape index (κ2) is 5.44. The third kappa shape index (κ3) is 2.87. The molecule has 0 bridgehead atoms. The summed E-state index contributed by atoms with van der Waals surface area (Å²) in [6.07, 6.45) is 1.82. The highest BCUT2D eigenvalue weighted by Gasteiger charge is 2.44. The molecule has 0 radical (unpaired) electrons. The first-order valence-electron chi connectivity index (χ1n) is 6.16. The minimum absolute atomic E-state index is 0.0169. The first-order chi connectivity index (χ1) is 9.43. The number of carbonyl (C=O) groups excluding carboxylic acids is 1. The van der Waals surface area contributed by atoms with Crippen molar-refractivity contribution in [3.8, 4) is 0 Å². The Balaban J connectivity index is 1.91. The fourth-order valence-electron chi connectivity index (χ4n) is 2.08. The van der Waals surface area contributed by atoms with E-state index in [-0.39, 0.29) is 12.2 Å². The molecule has 7 heteroatoms. The fourth-order valence-corrected chi connectivity index (χ4v) is 2.08. The Morgan fingerprint density at radius 3 is 2.50 bits per heavy atom. The average molecular weight is 284 g/mol. The summed E-state index contributed by atoms with van der Waals surface area (Å²) in [6, 6.07) is 2.05. The van der Waals surface area contributed by atoms with Gasteiger partial charge in [-0.2, -0.15) is 0 Å². The lowest BCUT2D eigenvalue weighted by atomic mass is 9.69. The molecule has 1 aliphatic carbocycles. The van der Waals surface area contributed by atoms with Crippen molar-refractivity contribution in [1.29, 1.82) is 0 Å². The lowest BCUT2D eigenvalue weighted by molar-refractivity contribution is -0.153. The SMILES string of the molecule is O=C(NCC1(C(=O)O)CCC1)Nc1ccc(F)cc1F. The molecule has 1 fully saturated rings. The molecular weight excluding hydrogens is 270 g/mol. The molecule has 5 nitrogen and oxygen atoms in total. The quantitative estimate of drug-likeness (QED) is 0.794. The van der Waals surface area contributed by atoms with Crippen LogP contribution in [0, 0.1) is 17.0 Å². The largest absolute Gasteiger partial charge is 0.481 e. The van der Waals surface area contributed by atoms with Gasteiger partial charge in [-0.25, -0.2) is 13.6 Å². The Morgan fingerprint density at radius 1 is 1.30 bits per heavy atom. The van der Waals surface area contributed by atoms with E-state index in [1.807, 2.05) is 0 Å². The van der Waals surface area contributed by atoms with Crippen LogP contribution in [-0.2, 0) is 4.79 Å². The number of urea groups is 1. The molecule has 0 spiro atoms. The van der Waals surface area contributed by atoms with Gasteiger partial charge in [0.1, 0.15) is 11.6 Å². The van der Waals surface area contributed by atoms with Gasteiger partial charge in [-0.15, -0.1) is 0 Å². The van der Waals surface area contributed by atoms with Crippen molar-refractivity contribution in [1.82, 2.24) is 5.32 Å². The van der Waals surface area contributed by atoms with E-state index in [0.717, 1.165) is 18.6 Å². The van der Waals surface area contributed by atoms with E-state index in [1.165, 1.54) is 0 Å². The summed E-state index contributed by atoms with van der Waals surface area (Å²) in [4.78, 5) is 22.7. The van der Waals surface area contributed by atoms with E-state index in [0.29, 0.717) is 18.9 Å². The van der Waals surface area contributed by atoms with E-state index in [4.69, 9.17) is 5.11 Å². The number of hydrogen-bond acceptors (Lipinski definition) is 2. The number of rotatable bonds is 4. The molecule has 0 heterocycles. The summed E-state index contributed by atoms with van der Waals surface area (Å²) in [5.41, 5.74) is -1.08. The van der Waals surface area contributed by atoms with E-state index in [9.17, 15) is 18.4 Å². The molecule has 1 aliphatic rings. The van der Waals surface area contributed by atoms with Crippen LogP contribution in [0.3, 0.4) is 0 Å². The van der Waals surface area contributed by atoms with Crippen LogP contribution in [0.25, 0.3) is 0 Å². The van der Waals surface area contributed by atoms with Crippen molar-refractivity contribution in [3.63, 3.8) is 0 Å². The van der Waals surface area contributed by atoms with Gasteiger partial charge in [-0.05, 0) is 25.0 Å². The van der Waals surface area contributed by atoms with Gasteiger partial charge < -0.3 is 15.7 Å². The Labute approximate surface area is 114 Å². The summed E-state index contributed by atoms with van der Waals surface area (Å²) in [7, 11) is 0. The van der Waals surface area contributed by atoms with Crippen LogP contribution >= 0.6 is 0 Å². The van der Waals surface area contributed by atoms with Crippen molar-refractivity contribution in [2.24, 2.45) is 5.41 Å². The molecule has 1 saturated carbocycles. The molecule has 0 aliphatic heterocycles. The highest BCUT2D eigenvalue weighted by Crippen LogP contribution is 2.40. The van der Waals surface area contributed by atoms with E-state index in [1.54, 1.807) is 0 Å². The summed E-state index contributed by atoms with van der Waals surface area (Å²) in [5.74, 6) is -2.58. The average Bonchev–Trinajstić information content (AvgIpc) is 2.31. The van der Waals surface area contributed by atoms with Gasteiger partial charge in [0.2, 0.25) is 0 Å². The van der Waals surface area contributed by atoms with Gasteiger partial charge in [-0.3, -0.25) is 4.79 Å². The lowest BCUT2D eigenvalue weighted by Crippen LogP contribution is -2.48. The zero-order chi connectivity index (χ0) is 14.8. The van der Waals surface area contributed by atoms with E-state index >= 15 is 0 Å². The van der Waals surface area contributed by atoms with Crippen LogP contribution in [-0.4, -0.2) is 23.7 Å². The highest BCUT2D eigenvalue weighted by atomic mass is 19.1. The highest BCUT2D eigenvalue weighted by molar-refractivity contribution is 5.90. The Hall–Kier alpha value is -2.18. The molecule has 0 saturated heterocycles. The maximum absolute atomic E-state index is 13.3. The number of benzene rings is 1. The van der Waals surface area contributed by atoms with Gasteiger partial charge in [0.25, 0.3) is 0 Å². The van der Waals surface area contributed by atoms with Crippen molar-refractivity contribution in [2.75, 3.05) is 11.9 Å². The summed E-state index contributed by atoms with van der Waals surface area (Å²) in [5, 5.41) is 13.7. The van der Waals surface area contributed by atoms with Gasteiger partial charge in [0, 0.05) is 12.6 Å². The fraction of sp³-hybridized carbons (Fsp3) is 0.385. The predicted molar refractivity (Wildman–Crippen MR) is 67.3 cm³/mol. The molecule has 0 unspecified atom stereocenters. The number of aliphatic carboxylic acids is 1.